The topological polar surface area (TPSA) is 60.3 Å². The van der Waals surface area contributed by atoms with Crippen LogP contribution in [-0.4, -0.2) is 52.7 Å². The Morgan fingerprint density at radius 3 is 2.81 bits per heavy atom. The number of ether oxygens (including phenoxy) is 1. The highest BCUT2D eigenvalue weighted by molar-refractivity contribution is 5.94. The third-order valence-electron chi connectivity index (χ3n) is 3.04. The van der Waals surface area contributed by atoms with E-state index in [4.69, 9.17) is 4.74 Å². The minimum Gasteiger partial charge on any atom is -0.491 e. The van der Waals surface area contributed by atoms with Crippen molar-refractivity contribution in [2.45, 2.75) is 13.3 Å². The predicted molar refractivity (Wildman–Crippen MR) is 80.0 cm³/mol. The molecule has 0 bridgehead atoms. The molecule has 0 fully saturated rings. The molecule has 6 heteroatoms. The SMILES string of the molecule is CC(=O)c1ccc(-n2cncn2)c(OCCCN(C)C)c1. The zero-order valence-electron chi connectivity index (χ0n) is 12.6. The predicted octanol–water partition coefficient (Wildman–Crippen LogP) is 1.80. The summed E-state index contributed by atoms with van der Waals surface area (Å²) < 4.78 is 7.46. The number of hydrogen-bond acceptors (Lipinski definition) is 5. The molecular formula is C15H20N4O2. The normalized spacial score (nSPS) is 10.9. The summed E-state index contributed by atoms with van der Waals surface area (Å²) in [6.07, 6.45) is 3.98. The van der Waals surface area contributed by atoms with E-state index in [9.17, 15) is 4.79 Å². The Bertz CT molecular complexity index is 594. The van der Waals surface area contributed by atoms with Crippen molar-refractivity contribution in [3.05, 3.63) is 36.4 Å². The molecular weight excluding hydrogens is 268 g/mol. The van der Waals surface area contributed by atoms with E-state index in [1.54, 1.807) is 30.1 Å². The van der Waals surface area contributed by atoms with E-state index in [2.05, 4.69) is 15.0 Å². The number of ketones is 1. The van der Waals surface area contributed by atoms with Crippen LogP contribution in [0.2, 0.25) is 0 Å². The van der Waals surface area contributed by atoms with E-state index in [-0.39, 0.29) is 5.78 Å². The first-order valence-corrected chi connectivity index (χ1v) is 6.85. The van der Waals surface area contributed by atoms with E-state index in [1.165, 1.54) is 6.33 Å². The van der Waals surface area contributed by atoms with E-state index >= 15 is 0 Å². The fourth-order valence-electron chi connectivity index (χ4n) is 1.93. The highest BCUT2D eigenvalue weighted by Crippen LogP contribution is 2.24. The van der Waals surface area contributed by atoms with Crippen LogP contribution in [-0.2, 0) is 0 Å². The van der Waals surface area contributed by atoms with Gasteiger partial charge in [-0.3, -0.25) is 4.79 Å². The van der Waals surface area contributed by atoms with E-state index < -0.39 is 0 Å². The summed E-state index contributed by atoms with van der Waals surface area (Å²) in [5.74, 6) is 0.658. The smallest absolute Gasteiger partial charge is 0.159 e. The lowest BCUT2D eigenvalue weighted by Crippen LogP contribution is -2.16. The second-order valence-electron chi connectivity index (χ2n) is 5.08. The van der Waals surface area contributed by atoms with Crippen molar-refractivity contribution in [2.75, 3.05) is 27.2 Å². The minimum absolute atomic E-state index is 0.0123. The van der Waals surface area contributed by atoms with Gasteiger partial charge in [0.2, 0.25) is 0 Å². The molecule has 0 radical (unpaired) electrons. The highest BCUT2D eigenvalue weighted by atomic mass is 16.5. The van der Waals surface area contributed by atoms with E-state index in [0.717, 1.165) is 18.7 Å². The van der Waals surface area contributed by atoms with Crippen molar-refractivity contribution in [1.82, 2.24) is 19.7 Å². The second-order valence-corrected chi connectivity index (χ2v) is 5.08. The maximum absolute atomic E-state index is 11.5. The number of rotatable bonds is 7. The van der Waals surface area contributed by atoms with Gasteiger partial charge in [0.25, 0.3) is 0 Å². The number of benzene rings is 1. The van der Waals surface area contributed by atoms with Crippen LogP contribution >= 0.6 is 0 Å². The lowest BCUT2D eigenvalue weighted by Gasteiger charge is -2.14. The molecule has 1 aromatic carbocycles. The molecule has 0 saturated carbocycles. The summed E-state index contributed by atoms with van der Waals surface area (Å²) in [5, 5.41) is 4.11. The molecule has 21 heavy (non-hydrogen) atoms. The Hall–Kier alpha value is -2.21. The maximum Gasteiger partial charge on any atom is 0.159 e. The Balaban J connectivity index is 2.18. The van der Waals surface area contributed by atoms with E-state index in [1.807, 2.05) is 20.2 Å². The van der Waals surface area contributed by atoms with Crippen LogP contribution in [0.4, 0.5) is 0 Å². The molecule has 0 saturated heterocycles. The van der Waals surface area contributed by atoms with Crippen LogP contribution < -0.4 is 4.74 Å². The van der Waals surface area contributed by atoms with Crippen LogP contribution in [0.3, 0.4) is 0 Å². The van der Waals surface area contributed by atoms with Gasteiger partial charge in [-0.05, 0) is 45.6 Å². The molecule has 0 amide bonds. The molecule has 1 aromatic heterocycles. The summed E-state index contributed by atoms with van der Waals surface area (Å²) in [5.41, 5.74) is 1.41. The van der Waals surface area contributed by atoms with Gasteiger partial charge < -0.3 is 9.64 Å². The van der Waals surface area contributed by atoms with Crippen molar-refractivity contribution in [2.24, 2.45) is 0 Å². The summed E-state index contributed by atoms with van der Waals surface area (Å²) in [6, 6.07) is 5.35. The van der Waals surface area contributed by atoms with Crippen molar-refractivity contribution >= 4 is 5.78 Å². The standard InChI is InChI=1S/C15H20N4O2/c1-12(20)13-5-6-14(19-11-16-10-17-19)15(9-13)21-8-4-7-18(2)3/h5-6,9-11H,4,7-8H2,1-3H3. The van der Waals surface area contributed by atoms with Crippen molar-refractivity contribution in [1.29, 1.82) is 0 Å². The molecule has 2 rings (SSSR count). The van der Waals surface area contributed by atoms with Crippen molar-refractivity contribution in [3.63, 3.8) is 0 Å². The number of aromatic nitrogens is 3. The first-order valence-electron chi connectivity index (χ1n) is 6.85. The Morgan fingerprint density at radius 1 is 1.38 bits per heavy atom. The van der Waals surface area contributed by atoms with Gasteiger partial charge in [-0.25, -0.2) is 9.67 Å². The second kappa shape index (κ2) is 6.99. The number of carbonyl (C=O) groups excluding carboxylic acids is 1. The molecule has 1 heterocycles. The molecule has 0 N–H and O–H groups in total. The van der Waals surface area contributed by atoms with Gasteiger partial charge in [0.05, 0.1) is 6.61 Å². The lowest BCUT2D eigenvalue weighted by atomic mass is 10.1. The highest BCUT2D eigenvalue weighted by Gasteiger charge is 2.10. The van der Waals surface area contributed by atoms with Crippen molar-refractivity contribution < 1.29 is 9.53 Å². The van der Waals surface area contributed by atoms with Gasteiger partial charge in [0, 0.05) is 12.1 Å². The van der Waals surface area contributed by atoms with Gasteiger partial charge in [-0.1, -0.05) is 0 Å². The summed E-state index contributed by atoms with van der Waals surface area (Å²) in [4.78, 5) is 17.6. The molecule has 2 aromatic rings. The molecule has 0 aliphatic heterocycles. The molecule has 0 aliphatic carbocycles. The van der Waals surface area contributed by atoms with E-state index in [0.29, 0.717) is 17.9 Å². The Morgan fingerprint density at radius 2 is 2.19 bits per heavy atom. The first-order chi connectivity index (χ1) is 10.1. The van der Waals surface area contributed by atoms with Crippen LogP contribution in [0, 0.1) is 0 Å². The molecule has 112 valence electrons. The average molecular weight is 288 g/mol. The van der Waals surface area contributed by atoms with Crippen LogP contribution in [0.15, 0.2) is 30.9 Å². The summed E-state index contributed by atoms with van der Waals surface area (Å²) in [7, 11) is 4.05. The van der Waals surface area contributed by atoms with Crippen LogP contribution in [0.1, 0.15) is 23.7 Å². The lowest BCUT2D eigenvalue weighted by molar-refractivity contribution is 0.101. The third kappa shape index (κ3) is 4.13. The maximum atomic E-state index is 11.5. The zero-order valence-corrected chi connectivity index (χ0v) is 12.6. The summed E-state index contributed by atoms with van der Waals surface area (Å²) >= 11 is 0. The number of carbonyl (C=O) groups is 1. The number of Topliss-reactive ketones (excluding diaryl/α,β-unsaturated/α-hetero) is 1. The number of nitrogens with zero attached hydrogens (tertiary/aromatic N) is 4. The minimum atomic E-state index is 0.0123. The van der Waals surface area contributed by atoms with Crippen molar-refractivity contribution in [3.8, 4) is 11.4 Å². The zero-order chi connectivity index (χ0) is 15.2. The van der Waals surface area contributed by atoms with Gasteiger partial charge in [-0.2, -0.15) is 5.10 Å². The molecule has 0 unspecified atom stereocenters. The quantitative estimate of drug-likeness (QED) is 0.574. The Kier molecular flexibility index (Phi) is 5.05. The molecule has 6 nitrogen and oxygen atoms in total. The van der Waals surface area contributed by atoms with Gasteiger partial charge in [-0.15, -0.1) is 0 Å². The monoisotopic (exact) mass is 288 g/mol. The summed E-state index contributed by atoms with van der Waals surface area (Å²) in [6.45, 7) is 3.08. The fourth-order valence-corrected chi connectivity index (χ4v) is 1.93. The van der Waals surface area contributed by atoms with Gasteiger partial charge >= 0.3 is 0 Å². The fraction of sp³-hybridized carbons (Fsp3) is 0.400. The third-order valence-corrected chi connectivity index (χ3v) is 3.04. The average Bonchev–Trinajstić information content (AvgIpc) is 2.97. The molecule has 0 aliphatic rings. The first kappa shape index (κ1) is 15.2. The number of hydrogen-bond donors (Lipinski definition) is 0. The van der Waals surface area contributed by atoms with Gasteiger partial charge in [0.1, 0.15) is 24.1 Å². The van der Waals surface area contributed by atoms with Crippen LogP contribution in [0.5, 0.6) is 5.75 Å². The molecule has 0 spiro atoms. The largest absolute Gasteiger partial charge is 0.491 e. The van der Waals surface area contributed by atoms with Crippen LogP contribution in [0.25, 0.3) is 5.69 Å². The van der Waals surface area contributed by atoms with Gasteiger partial charge in [0.15, 0.2) is 5.78 Å². The molecule has 0 atom stereocenters. The Labute approximate surface area is 124 Å².